The number of carbonyl (C=O) groups excluding carboxylic acids is 2. The standard InChI is InChI=1S/C23H40O5/c1-6-8-9-10-11-12-13-14-15-16-21(27-22(25)18(3)4)28-23(26)19(5)17-20(24)7-2/h20-21,24H,3,5-17H2,1-2,4H3. The van der Waals surface area contributed by atoms with Crippen molar-refractivity contribution < 1.29 is 24.2 Å². The first-order valence-electron chi connectivity index (χ1n) is 10.7. The van der Waals surface area contributed by atoms with Crippen molar-refractivity contribution in [3.8, 4) is 0 Å². The van der Waals surface area contributed by atoms with Gasteiger partial charge in [-0.15, -0.1) is 0 Å². The molecule has 0 amide bonds. The molecule has 0 saturated heterocycles. The summed E-state index contributed by atoms with van der Waals surface area (Å²) in [4.78, 5) is 24.0. The van der Waals surface area contributed by atoms with Crippen molar-refractivity contribution in [3.05, 3.63) is 24.3 Å². The summed E-state index contributed by atoms with van der Waals surface area (Å²) in [7, 11) is 0. The molecule has 5 heteroatoms. The van der Waals surface area contributed by atoms with E-state index in [9.17, 15) is 14.7 Å². The third kappa shape index (κ3) is 13.5. The molecule has 0 radical (unpaired) electrons. The van der Waals surface area contributed by atoms with Crippen LogP contribution in [0.25, 0.3) is 0 Å². The molecule has 0 aliphatic heterocycles. The molecule has 0 aromatic rings. The monoisotopic (exact) mass is 396 g/mol. The van der Waals surface area contributed by atoms with E-state index in [1.165, 1.54) is 38.5 Å². The molecule has 2 atom stereocenters. The Morgan fingerprint density at radius 2 is 1.36 bits per heavy atom. The van der Waals surface area contributed by atoms with Crippen LogP contribution in [0.5, 0.6) is 0 Å². The molecule has 0 rings (SSSR count). The zero-order valence-corrected chi connectivity index (χ0v) is 18.1. The first kappa shape index (κ1) is 26.4. The lowest BCUT2D eigenvalue weighted by molar-refractivity contribution is -0.183. The molecule has 0 aromatic carbocycles. The fourth-order valence-electron chi connectivity index (χ4n) is 2.70. The van der Waals surface area contributed by atoms with Gasteiger partial charge in [0.2, 0.25) is 6.29 Å². The van der Waals surface area contributed by atoms with Crippen LogP contribution in [0.2, 0.25) is 0 Å². The minimum atomic E-state index is -0.947. The van der Waals surface area contributed by atoms with Gasteiger partial charge in [-0.3, -0.25) is 0 Å². The van der Waals surface area contributed by atoms with Crippen LogP contribution in [0.1, 0.15) is 97.8 Å². The fraction of sp³-hybridized carbons (Fsp3) is 0.739. The smallest absolute Gasteiger partial charge is 0.336 e. The Kier molecular flexibility index (Phi) is 15.4. The van der Waals surface area contributed by atoms with Crippen LogP contribution >= 0.6 is 0 Å². The zero-order valence-electron chi connectivity index (χ0n) is 18.1. The van der Waals surface area contributed by atoms with Gasteiger partial charge in [0.1, 0.15) is 0 Å². The van der Waals surface area contributed by atoms with E-state index < -0.39 is 24.3 Å². The summed E-state index contributed by atoms with van der Waals surface area (Å²) >= 11 is 0. The van der Waals surface area contributed by atoms with Crippen LogP contribution in [0.15, 0.2) is 24.3 Å². The van der Waals surface area contributed by atoms with Crippen molar-refractivity contribution >= 4 is 11.9 Å². The molecule has 162 valence electrons. The number of ether oxygens (including phenoxy) is 2. The maximum Gasteiger partial charge on any atom is 0.336 e. The summed E-state index contributed by atoms with van der Waals surface area (Å²) in [5.41, 5.74) is 0.436. The third-order valence-corrected chi connectivity index (χ3v) is 4.61. The zero-order chi connectivity index (χ0) is 21.4. The highest BCUT2D eigenvalue weighted by atomic mass is 16.7. The molecule has 0 spiro atoms. The minimum absolute atomic E-state index is 0.147. The Balaban J connectivity index is 4.34. The average Bonchev–Trinajstić information content (AvgIpc) is 2.65. The molecule has 0 bridgehead atoms. The number of hydrogen-bond donors (Lipinski definition) is 1. The van der Waals surface area contributed by atoms with Crippen LogP contribution in [0.4, 0.5) is 0 Å². The van der Waals surface area contributed by atoms with E-state index in [1.54, 1.807) is 6.92 Å². The summed E-state index contributed by atoms with van der Waals surface area (Å²) < 4.78 is 10.6. The molecule has 28 heavy (non-hydrogen) atoms. The second-order valence-electron chi connectivity index (χ2n) is 7.51. The molecular weight excluding hydrogens is 356 g/mol. The summed E-state index contributed by atoms with van der Waals surface area (Å²) in [6, 6.07) is 0. The SMILES string of the molecule is C=C(C)C(=O)OC(CCCCCCCCCCC)OC(=O)C(=C)CC(O)CC. The maximum atomic E-state index is 12.2. The molecule has 5 nitrogen and oxygen atoms in total. The van der Waals surface area contributed by atoms with Crippen LogP contribution in [0, 0.1) is 0 Å². The van der Waals surface area contributed by atoms with Gasteiger partial charge in [-0.25, -0.2) is 9.59 Å². The number of aliphatic hydroxyl groups is 1. The lowest BCUT2D eigenvalue weighted by atomic mass is 10.1. The topological polar surface area (TPSA) is 72.8 Å². The van der Waals surface area contributed by atoms with Crippen molar-refractivity contribution in [3.63, 3.8) is 0 Å². The van der Waals surface area contributed by atoms with Crippen LogP contribution in [-0.4, -0.2) is 29.4 Å². The number of unbranched alkanes of at least 4 members (excludes halogenated alkanes) is 8. The number of esters is 2. The van der Waals surface area contributed by atoms with E-state index >= 15 is 0 Å². The summed E-state index contributed by atoms with van der Waals surface area (Å²) in [5, 5.41) is 9.66. The molecule has 0 heterocycles. The second kappa shape index (κ2) is 16.3. The molecular formula is C23H40O5. The van der Waals surface area contributed by atoms with Crippen molar-refractivity contribution in [1.82, 2.24) is 0 Å². The van der Waals surface area contributed by atoms with Gasteiger partial charge in [0.15, 0.2) is 0 Å². The average molecular weight is 397 g/mol. The number of carbonyl (C=O) groups is 2. The van der Waals surface area contributed by atoms with Gasteiger partial charge in [-0.05, 0) is 19.8 Å². The van der Waals surface area contributed by atoms with E-state index in [1.807, 2.05) is 6.92 Å². The van der Waals surface area contributed by atoms with Gasteiger partial charge in [0.05, 0.1) is 6.10 Å². The van der Waals surface area contributed by atoms with Gasteiger partial charge < -0.3 is 14.6 Å². The lowest BCUT2D eigenvalue weighted by Gasteiger charge is -2.19. The van der Waals surface area contributed by atoms with Crippen molar-refractivity contribution in [2.24, 2.45) is 0 Å². The fourth-order valence-corrected chi connectivity index (χ4v) is 2.70. The molecule has 0 aromatic heterocycles. The Bertz CT molecular complexity index is 483. The van der Waals surface area contributed by atoms with Crippen LogP contribution < -0.4 is 0 Å². The predicted octanol–water partition coefficient (Wildman–Crippen LogP) is 5.61. The predicted molar refractivity (Wildman–Crippen MR) is 113 cm³/mol. The molecule has 0 aliphatic carbocycles. The van der Waals surface area contributed by atoms with Gasteiger partial charge >= 0.3 is 11.9 Å². The van der Waals surface area contributed by atoms with Gasteiger partial charge in [0.25, 0.3) is 0 Å². The molecule has 2 unspecified atom stereocenters. The van der Waals surface area contributed by atoms with E-state index in [4.69, 9.17) is 9.47 Å². The summed E-state index contributed by atoms with van der Waals surface area (Å²) in [6.07, 6.45) is 10.1. The Hall–Kier alpha value is -1.62. The molecule has 1 N–H and O–H groups in total. The van der Waals surface area contributed by atoms with Crippen molar-refractivity contribution in [2.45, 2.75) is 110 Å². The maximum absolute atomic E-state index is 12.2. The highest BCUT2D eigenvalue weighted by Gasteiger charge is 2.21. The molecule has 0 aliphatic rings. The largest absolute Gasteiger partial charge is 0.422 e. The Morgan fingerprint density at radius 3 is 1.86 bits per heavy atom. The third-order valence-electron chi connectivity index (χ3n) is 4.61. The first-order chi connectivity index (χ1) is 13.3. The first-order valence-corrected chi connectivity index (χ1v) is 10.7. The minimum Gasteiger partial charge on any atom is -0.422 e. The van der Waals surface area contributed by atoms with E-state index in [2.05, 4.69) is 20.1 Å². The number of aliphatic hydroxyl groups excluding tert-OH is 1. The van der Waals surface area contributed by atoms with Gasteiger partial charge in [-0.1, -0.05) is 78.4 Å². The van der Waals surface area contributed by atoms with Crippen molar-refractivity contribution in [2.75, 3.05) is 0 Å². The summed E-state index contributed by atoms with van der Waals surface area (Å²) in [5.74, 6) is -1.21. The quantitative estimate of drug-likeness (QED) is 0.150. The van der Waals surface area contributed by atoms with Crippen molar-refractivity contribution in [1.29, 1.82) is 0 Å². The highest BCUT2D eigenvalue weighted by molar-refractivity contribution is 5.89. The van der Waals surface area contributed by atoms with Gasteiger partial charge in [0, 0.05) is 24.0 Å². The number of rotatable bonds is 17. The van der Waals surface area contributed by atoms with E-state index in [0.717, 1.165) is 19.3 Å². The van der Waals surface area contributed by atoms with E-state index in [-0.39, 0.29) is 17.6 Å². The van der Waals surface area contributed by atoms with E-state index in [0.29, 0.717) is 12.8 Å². The Labute approximate surface area is 171 Å². The highest BCUT2D eigenvalue weighted by Crippen LogP contribution is 2.16. The number of hydrogen-bond acceptors (Lipinski definition) is 5. The summed E-state index contributed by atoms with van der Waals surface area (Å²) in [6.45, 7) is 12.8. The van der Waals surface area contributed by atoms with Gasteiger partial charge in [-0.2, -0.15) is 0 Å². The normalized spacial score (nSPS) is 12.9. The lowest BCUT2D eigenvalue weighted by Crippen LogP contribution is -2.26. The van der Waals surface area contributed by atoms with Crippen LogP contribution in [-0.2, 0) is 19.1 Å². The van der Waals surface area contributed by atoms with Crippen LogP contribution in [0.3, 0.4) is 0 Å². The molecule has 0 fully saturated rings. The second-order valence-corrected chi connectivity index (χ2v) is 7.51. The Morgan fingerprint density at radius 1 is 0.857 bits per heavy atom. The molecule has 0 saturated carbocycles.